The molecule has 0 aromatic heterocycles. The summed E-state index contributed by atoms with van der Waals surface area (Å²) < 4.78 is 5.42. The second-order valence-electron chi connectivity index (χ2n) is 5.85. The molecule has 104 valence electrons. The molecule has 2 atom stereocenters. The van der Waals surface area contributed by atoms with Crippen LogP contribution in [0.25, 0.3) is 0 Å². The van der Waals surface area contributed by atoms with Gasteiger partial charge in [-0.2, -0.15) is 0 Å². The van der Waals surface area contributed by atoms with Crippen LogP contribution in [0.5, 0.6) is 0 Å². The first-order valence-corrected chi connectivity index (χ1v) is 6.86. The third-order valence-corrected chi connectivity index (χ3v) is 4.59. The quantitative estimate of drug-likeness (QED) is 0.777. The van der Waals surface area contributed by atoms with Crippen molar-refractivity contribution in [2.75, 3.05) is 39.4 Å². The number of ether oxygens (including phenoxy) is 1. The van der Waals surface area contributed by atoms with E-state index in [1.54, 1.807) is 0 Å². The molecule has 1 spiro atoms. The number of likely N-dealkylation sites (tertiary alicyclic amines) is 1. The Hall–Kier alpha value is -0.320. The number of hydrogen-bond donors (Lipinski definition) is 1. The number of halogens is 1. The molecule has 3 aliphatic heterocycles. The standard InChI is InChI=1S/C13H22N2O2.ClH/c16-12(11-2-1-7-17-8-11)15-6-4-13(10-15)3-5-14-9-13;/h11,14H,1-10H2;1H. The van der Waals surface area contributed by atoms with E-state index < -0.39 is 0 Å². The fourth-order valence-electron chi connectivity index (χ4n) is 3.46. The number of rotatable bonds is 1. The van der Waals surface area contributed by atoms with Gasteiger partial charge in [-0.15, -0.1) is 12.4 Å². The summed E-state index contributed by atoms with van der Waals surface area (Å²) >= 11 is 0. The molecule has 4 nitrogen and oxygen atoms in total. The lowest BCUT2D eigenvalue weighted by Crippen LogP contribution is -2.39. The second kappa shape index (κ2) is 5.76. The maximum absolute atomic E-state index is 12.4. The van der Waals surface area contributed by atoms with E-state index in [1.165, 1.54) is 12.8 Å². The number of nitrogens with one attached hydrogen (secondary N) is 1. The van der Waals surface area contributed by atoms with Gasteiger partial charge in [0, 0.05) is 31.7 Å². The van der Waals surface area contributed by atoms with Crippen LogP contribution < -0.4 is 5.32 Å². The number of carbonyl (C=O) groups excluding carboxylic acids is 1. The lowest BCUT2D eigenvalue weighted by atomic mass is 9.86. The van der Waals surface area contributed by atoms with Gasteiger partial charge in [-0.05, 0) is 32.2 Å². The summed E-state index contributed by atoms with van der Waals surface area (Å²) in [5, 5.41) is 3.43. The highest BCUT2D eigenvalue weighted by Gasteiger charge is 2.43. The molecule has 1 N–H and O–H groups in total. The fourth-order valence-corrected chi connectivity index (χ4v) is 3.46. The molecule has 0 bridgehead atoms. The van der Waals surface area contributed by atoms with Gasteiger partial charge in [-0.25, -0.2) is 0 Å². The Kier molecular flexibility index (Phi) is 4.51. The van der Waals surface area contributed by atoms with Crippen molar-refractivity contribution in [1.29, 1.82) is 0 Å². The summed E-state index contributed by atoms with van der Waals surface area (Å²) in [6.07, 6.45) is 4.47. The van der Waals surface area contributed by atoms with E-state index in [1.807, 2.05) is 0 Å². The highest BCUT2D eigenvalue weighted by atomic mass is 35.5. The van der Waals surface area contributed by atoms with Crippen molar-refractivity contribution in [3.63, 3.8) is 0 Å². The minimum atomic E-state index is 0. The van der Waals surface area contributed by atoms with E-state index >= 15 is 0 Å². The molecule has 0 aromatic rings. The Morgan fingerprint density at radius 1 is 1.39 bits per heavy atom. The third-order valence-electron chi connectivity index (χ3n) is 4.59. The Morgan fingerprint density at radius 3 is 2.94 bits per heavy atom. The molecule has 3 rings (SSSR count). The minimum absolute atomic E-state index is 0. The van der Waals surface area contributed by atoms with Gasteiger partial charge in [0.05, 0.1) is 12.5 Å². The largest absolute Gasteiger partial charge is 0.381 e. The first-order valence-electron chi connectivity index (χ1n) is 6.86. The van der Waals surface area contributed by atoms with E-state index in [0.29, 0.717) is 17.9 Å². The van der Waals surface area contributed by atoms with E-state index in [-0.39, 0.29) is 18.3 Å². The average molecular weight is 275 g/mol. The van der Waals surface area contributed by atoms with E-state index in [0.717, 1.165) is 45.6 Å². The predicted octanol–water partition coefficient (Wildman–Crippen LogP) is 1.05. The van der Waals surface area contributed by atoms with Crippen molar-refractivity contribution in [3.05, 3.63) is 0 Å². The van der Waals surface area contributed by atoms with Crippen molar-refractivity contribution in [2.24, 2.45) is 11.3 Å². The summed E-state index contributed by atoms with van der Waals surface area (Å²) in [6, 6.07) is 0. The van der Waals surface area contributed by atoms with Crippen LogP contribution in [0.1, 0.15) is 25.7 Å². The number of carbonyl (C=O) groups is 1. The first kappa shape index (κ1) is 14.1. The SMILES string of the molecule is Cl.O=C(C1CCCOC1)N1CCC2(CCNC2)C1. The zero-order valence-corrected chi connectivity index (χ0v) is 11.6. The van der Waals surface area contributed by atoms with Gasteiger partial charge in [0.15, 0.2) is 0 Å². The molecule has 3 fully saturated rings. The topological polar surface area (TPSA) is 41.6 Å². The number of hydrogen-bond acceptors (Lipinski definition) is 3. The van der Waals surface area contributed by atoms with E-state index in [2.05, 4.69) is 10.2 Å². The summed E-state index contributed by atoms with van der Waals surface area (Å²) in [4.78, 5) is 14.5. The molecule has 5 heteroatoms. The maximum atomic E-state index is 12.4. The van der Waals surface area contributed by atoms with Crippen LogP contribution in [0.3, 0.4) is 0 Å². The van der Waals surface area contributed by atoms with Gasteiger partial charge < -0.3 is 15.0 Å². The van der Waals surface area contributed by atoms with E-state index in [9.17, 15) is 4.79 Å². The van der Waals surface area contributed by atoms with Crippen LogP contribution in [0.15, 0.2) is 0 Å². The Morgan fingerprint density at radius 2 is 2.28 bits per heavy atom. The van der Waals surface area contributed by atoms with Crippen LogP contribution >= 0.6 is 12.4 Å². The highest BCUT2D eigenvalue weighted by molar-refractivity contribution is 5.85. The average Bonchev–Trinajstić information content (AvgIpc) is 3.01. The fraction of sp³-hybridized carbons (Fsp3) is 0.923. The zero-order valence-electron chi connectivity index (χ0n) is 10.8. The summed E-state index contributed by atoms with van der Waals surface area (Å²) in [7, 11) is 0. The van der Waals surface area contributed by atoms with Gasteiger partial charge >= 0.3 is 0 Å². The molecule has 0 aromatic carbocycles. The highest BCUT2D eigenvalue weighted by Crippen LogP contribution is 2.36. The smallest absolute Gasteiger partial charge is 0.228 e. The summed E-state index contributed by atoms with van der Waals surface area (Å²) in [5.74, 6) is 0.474. The Bertz CT molecular complexity index is 299. The van der Waals surface area contributed by atoms with Gasteiger partial charge in [0.2, 0.25) is 5.91 Å². The monoisotopic (exact) mass is 274 g/mol. The first-order chi connectivity index (χ1) is 8.29. The molecule has 0 aliphatic carbocycles. The van der Waals surface area contributed by atoms with Crippen molar-refractivity contribution >= 4 is 18.3 Å². The summed E-state index contributed by atoms with van der Waals surface area (Å²) in [5.41, 5.74) is 0.394. The van der Waals surface area contributed by atoms with Gasteiger partial charge in [0.25, 0.3) is 0 Å². The Balaban J connectivity index is 0.00000120. The van der Waals surface area contributed by atoms with Crippen molar-refractivity contribution in [2.45, 2.75) is 25.7 Å². The molecule has 0 radical (unpaired) electrons. The normalized spacial score (nSPS) is 35.8. The maximum Gasteiger partial charge on any atom is 0.228 e. The molecule has 3 aliphatic rings. The summed E-state index contributed by atoms with van der Waals surface area (Å²) in [6.45, 7) is 5.61. The van der Waals surface area contributed by atoms with Crippen molar-refractivity contribution < 1.29 is 9.53 Å². The van der Waals surface area contributed by atoms with Crippen molar-refractivity contribution in [1.82, 2.24) is 10.2 Å². The lowest BCUT2D eigenvalue weighted by molar-refractivity contribution is -0.139. The van der Waals surface area contributed by atoms with Crippen LogP contribution in [-0.4, -0.2) is 50.2 Å². The van der Waals surface area contributed by atoms with Gasteiger partial charge in [-0.3, -0.25) is 4.79 Å². The molecule has 3 heterocycles. The zero-order chi connectivity index (χ0) is 11.7. The molecule has 0 saturated carbocycles. The van der Waals surface area contributed by atoms with Crippen LogP contribution in [0, 0.1) is 11.3 Å². The molecule has 2 unspecified atom stereocenters. The minimum Gasteiger partial charge on any atom is -0.381 e. The van der Waals surface area contributed by atoms with Crippen LogP contribution in [0.2, 0.25) is 0 Å². The molecule has 1 amide bonds. The third kappa shape index (κ3) is 2.65. The van der Waals surface area contributed by atoms with Gasteiger partial charge in [0.1, 0.15) is 0 Å². The van der Waals surface area contributed by atoms with Crippen molar-refractivity contribution in [3.8, 4) is 0 Å². The van der Waals surface area contributed by atoms with Gasteiger partial charge in [-0.1, -0.05) is 0 Å². The number of nitrogens with zero attached hydrogens (tertiary/aromatic N) is 1. The molecular weight excluding hydrogens is 252 g/mol. The predicted molar refractivity (Wildman–Crippen MR) is 71.9 cm³/mol. The second-order valence-corrected chi connectivity index (χ2v) is 5.85. The Labute approximate surface area is 115 Å². The van der Waals surface area contributed by atoms with Crippen LogP contribution in [0.4, 0.5) is 0 Å². The number of amides is 1. The molecule has 18 heavy (non-hydrogen) atoms. The van der Waals surface area contributed by atoms with E-state index in [4.69, 9.17) is 4.74 Å². The molecular formula is C13H23ClN2O2. The lowest BCUT2D eigenvalue weighted by Gasteiger charge is -2.28. The van der Waals surface area contributed by atoms with Crippen LogP contribution in [-0.2, 0) is 9.53 Å². The molecule has 3 saturated heterocycles.